The molecule has 5 nitrogen and oxygen atoms in total. The van der Waals surface area contributed by atoms with E-state index in [9.17, 15) is 14.4 Å². The van der Waals surface area contributed by atoms with Crippen molar-refractivity contribution in [3.63, 3.8) is 0 Å². The Kier molecular flexibility index (Phi) is 4.89. The van der Waals surface area contributed by atoms with E-state index in [0.29, 0.717) is 17.5 Å². The second-order valence-corrected chi connectivity index (χ2v) is 8.57. The summed E-state index contributed by atoms with van der Waals surface area (Å²) in [5.74, 6) is -0.474. The number of hydrogen-bond acceptors (Lipinski definition) is 5. The number of rotatable bonds is 4. The minimum absolute atomic E-state index is 0.0488. The van der Waals surface area contributed by atoms with Crippen LogP contribution in [0.25, 0.3) is 0 Å². The quantitative estimate of drug-likeness (QED) is 0.719. The highest BCUT2D eigenvalue weighted by Crippen LogP contribution is 2.56. The van der Waals surface area contributed by atoms with Crippen LogP contribution in [0.3, 0.4) is 0 Å². The van der Waals surface area contributed by atoms with Gasteiger partial charge in [-0.2, -0.15) is 0 Å². The summed E-state index contributed by atoms with van der Waals surface area (Å²) >= 11 is 0. The summed E-state index contributed by atoms with van der Waals surface area (Å²) in [5.41, 5.74) is 0.938. The fraction of sp³-hybridized carbons (Fsp3) is 0.400. The Morgan fingerprint density at radius 3 is 1.73 bits per heavy atom. The van der Waals surface area contributed by atoms with Crippen LogP contribution in [-0.4, -0.2) is 29.9 Å². The van der Waals surface area contributed by atoms with Gasteiger partial charge in [-0.25, -0.2) is 9.59 Å². The normalized spacial score (nSPS) is 31.8. The van der Waals surface area contributed by atoms with Crippen LogP contribution in [0.4, 0.5) is 0 Å². The van der Waals surface area contributed by atoms with Gasteiger partial charge in [0.15, 0.2) is 0 Å². The van der Waals surface area contributed by atoms with Crippen molar-refractivity contribution in [1.82, 2.24) is 0 Å². The maximum atomic E-state index is 12.8. The molecule has 4 aliphatic carbocycles. The summed E-state index contributed by atoms with van der Waals surface area (Å²) in [5, 5.41) is 0. The van der Waals surface area contributed by atoms with Crippen LogP contribution in [-0.2, 0) is 14.3 Å². The fourth-order valence-electron chi connectivity index (χ4n) is 5.81. The van der Waals surface area contributed by atoms with E-state index < -0.39 is 24.1 Å². The maximum absolute atomic E-state index is 12.8. The van der Waals surface area contributed by atoms with Crippen LogP contribution in [0.2, 0.25) is 0 Å². The Labute approximate surface area is 175 Å². The molecule has 0 heterocycles. The van der Waals surface area contributed by atoms with Crippen LogP contribution >= 0.6 is 0 Å². The van der Waals surface area contributed by atoms with Gasteiger partial charge in [0.2, 0.25) is 0 Å². The number of carbonyl (C=O) groups is 3. The molecule has 0 aromatic heterocycles. The van der Waals surface area contributed by atoms with E-state index in [-0.39, 0.29) is 29.5 Å². The molecule has 154 valence electrons. The van der Waals surface area contributed by atoms with E-state index in [2.05, 4.69) is 0 Å². The number of ether oxygens (including phenoxy) is 2. The van der Waals surface area contributed by atoms with Crippen molar-refractivity contribution in [3.8, 4) is 0 Å². The highest BCUT2D eigenvalue weighted by Gasteiger charge is 2.60. The van der Waals surface area contributed by atoms with Gasteiger partial charge in [0.05, 0.1) is 11.1 Å². The van der Waals surface area contributed by atoms with Crippen molar-refractivity contribution in [3.05, 3.63) is 71.8 Å². The van der Waals surface area contributed by atoms with Crippen LogP contribution in [0.5, 0.6) is 0 Å². The topological polar surface area (TPSA) is 69.7 Å². The van der Waals surface area contributed by atoms with Crippen molar-refractivity contribution in [2.75, 3.05) is 0 Å². The van der Waals surface area contributed by atoms with Gasteiger partial charge in [-0.05, 0) is 49.4 Å². The third-order valence-electron chi connectivity index (χ3n) is 7.07. The molecule has 2 aromatic carbocycles. The molecule has 30 heavy (non-hydrogen) atoms. The summed E-state index contributed by atoms with van der Waals surface area (Å²) in [4.78, 5) is 38.2. The molecule has 2 bridgehead atoms. The molecule has 0 saturated heterocycles. The predicted octanol–water partition coefficient (Wildman–Crippen LogP) is 4.07. The average molecular weight is 404 g/mol. The second-order valence-electron chi connectivity index (χ2n) is 8.57. The maximum Gasteiger partial charge on any atom is 0.338 e. The molecule has 5 heteroatoms. The summed E-state index contributed by atoms with van der Waals surface area (Å²) < 4.78 is 11.9. The Hall–Kier alpha value is -2.95. The standard InChI is InChI=1S/C25H24O5/c26-20-14-13-17-18-11-12-19(21(17)20)23(30-25(28)16-9-5-2-6-10-16)22(18)29-24(27)15-7-3-1-4-8-15/h1-10,17-19,21-23H,11-14H2. The Balaban J connectivity index is 1.44. The molecule has 0 radical (unpaired) electrons. The molecule has 0 amide bonds. The molecule has 6 atom stereocenters. The first kappa shape index (κ1) is 19.0. The molecule has 6 unspecified atom stereocenters. The third kappa shape index (κ3) is 3.22. The van der Waals surface area contributed by atoms with Gasteiger partial charge in [-0.15, -0.1) is 0 Å². The first-order valence-corrected chi connectivity index (χ1v) is 10.7. The summed E-state index contributed by atoms with van der Waals surface area (Å²) in [6.45, 7) is 0. The van der Waals surface area contributed by atoms with E-state index in [0.717, 1.165) is 19.3 Å². The van der Waals surface area contributed by atoms with Gasteiger partial charge >= 0.3 is 11.9 Å². The number of fused-ring (bicyclic) bond motifs is 2. The Bertz CT molecular complexity index is 954. The zero-order chi connectivity index (χ0) is 20.7. The van der Waals surface area contributed by atoms with Crippen LogP contribution < -0.4 is 0 Å². The number of ketones is 1. The summed E-state index contributed by atoms with van der Waals surface area (Å²) in [7, 11) is 0. The van der Waals surface area contributed by atoms with Crippen molar-refractivity contribution in [2.24, 2.45) is 23.7 Å². The number of hydrogen-bond donors (Lipinski definition) is 0. The van der Waals surface area contributed by atoms with Crippen molar-refractivity contribution >= 4 is 17.7 Å². The molecule has 0 N–H and O–H groups in total. The third-order valence-corrected chi connectivity index (χ3v) is 7.07. The zero-order valence-corrected chi connectivity index (χ0v) is 16.6. The van der Waals surface area contributed by atoms with Crippen LogP contribution in [0.1, 0.15) is 46.4 Å². The molecule has 0 aliphatic heterocycles. The Morgan fingerprint density at radius 1 is 0.667 bits per heavy atom. The first-order chi connectivity index (χ1) is 14.6. The molecule has 2 aromatic rings. The van der Waals surface area contributed by atoms with E-state index in [1.54, 1.807) is 48.5 Å². The molecule has 4 aliphatic rings. The highest BCUT2D eigenvalue weighted by atomic mass is 16.6. The second kappa shape index (κ2) is 7.71. The van der Waals surface area contributed by atoms with Gasteiger partial charge in [-0.1, -0.05) is 36.4 Å². The first-order valence-electron chi connectivity index (χ1n) is 10.7. The smallest absolute Gasteiger partial charge is 0.338 e. The minimum atomic E-state index is -0.590. The monoisotopic (exact) mass is 404 g/mol. The van der Waals surface area contributed by atoms with Crippen LogP contribution in [0.15, 0.2) is 60.7 Å². The van der Waals surface area contributed by atoms with Gasteiger partial charge in [0, 0.05) is 24.2 Å². The minimum Gasteiger partial charge on any atom is -0.455 e. The lowest BCUT2D eigenvalue weighted by Gasteiger charge is -2.52. The SMILES string of the molecule is O=C(OC1C2CCC(C1OC(=O)c1ccccc1)C1C(=O)CCC21)c1ccccc1. The molecule has 0 spiro atoms. The van der Waals surface area contributed by atoms with Gasteiger partial charge in [-0.3, -0.25) is 4.79 Å². The molecule has 4 fully saturated rings. The Morgan fingerprint density at radius 2 is 1.17 bits per heavy atom. The molecule has 4 saturated carbocycles. The fourth-order valence-corrected chi connectivity index (χ4v) is 5.81. The predicted molar refractivity (Wildman–Crippen MR) is 109 cm³/mol. The average Bonchev–Trinajstić information content (AvgIpc) is 3.19. The molecular weight excluding hydrogens is 380 g/mol. The van der Waals surface area contributed by atoms with Crippen molar-refractivity contribution < 1.29 is 23.9 Å². The van der Waals surface area contributed by atoms with Gasteiger partial charge in [0.1, 0.15) is 18.0 Å². The summed E-state index contributed by atoms with van der Waals surface area (Å²) in [6, 6.07) is 17.7. The number of esters is 2. The molecular formula is C25H24O5. The van der Waals surface area contributed by atoms with E-state index >= 15 is 0 Å². The van der Waals surface area contributed by atoms with E-state index in [1.165, 1.54) is 0 Å². The van der Waals surface area contributed by atoms with Gasteiger partial charge in [0.25, 0.3) is 0 Å². The lowest BCUT2D eigenvalue weighted by atomic mass is 9.57. The summed E-state index contributed by atoms with van der Waals surface area (Å²) in [6.07, 6.45) is 2.02. The van der Waals surface area contributed by atoms with E-state index in [4.69, 9.17) is 9.47 Å². The highest BCUT2D eigenvalue weighted by molar-refractivity contribution is 5.91. The number of Topliss-reactive ketones (excluding diaryl/α,β-unsaturated/α-hetero) is 1. The van der Waals surface area contributed by atoms with E-state index in [1.807, 2.05) is 12.1 Å². The van der Waals surface area contributed by atoms with Gasteiger partial charge < -0.3 is 9.47 Å². The largest absolute Gasteiger partial charge is 0.455 e. The molecule has 6 rings (SSSR count). The number of carbonyl (C=O) groups excluding carboxylic acids is 3. The lowest BCUT2D eigenvalue weighted by Crippen LogP contribution is -2.59. The van der Waals surface area contributed by atoms with Crippen molar-refractivity contribution in [1.29, 1.82) is 0 Å². The van der Waals surface area contributed by atoms with Crippen LogP contribution in [0, 0.1) is 23.7 Å². The lowest BCUT2D eigenvalue weighted by molar-refractivity contribution is -0.165. The number of benzene rings is 2. The zero-order valence-electron chi connectivity index (χ0n) is 16.6. The van der Waals surface area contributed by atoms with Crippen molar-refractivity contribution in [2.45, 2.75) is 37.9 Å².